The van der Waals surface area contributed by atoms with Gasteiger partial charge in [0.15, 0.2) is 0 Å². The smallest absolute Gasteiger partial charge is 0.253 e. The molecule has 30 heavy (non-hydrogen) atoms. The van der Waals surface area contributed by atoms with Gasteiger partial charge < -0.3 is 15.5 Å². The quantitative estimate of drug-likeness (QED) is 0.750. The monoisotopic (exact) mass is 406 g/mol. The van der Waals surface area contributed by atoms with Crippen LogP contribution in [-0.2, 0) is 4.79 Å². The molecular weight excluding hydrogens is 376 g/mol. The number of anilines is 2. The van der Waals surface area contributed by atoms with Gasteiger partial charge in [0.1, 0.15) is 0 Å². The van der Waals surface area contributed by atoms with Crippen LogP contribution in [0.2, 0.25) is 0 Å². The highest BCUT2D eigenvalue weighted by Crippen LogP contribution is 2.32. The van der Waals surface area contributed by atoms with Gasteiger partial charge in [-0.1, -0.05) is 18.9 Å². The van der Waals surface area contributed by atoms with Crippen LogP contribution >= 0.6 is 0 Å². The first kappa shape index (κ1) is 20.4. The van der Waals surface area contributed by atoms with E-state index in [4.69, 9.17) is 0 Å². The SMILES string of the molecule is C[C@H](NC(=O)c1ccc(NC(=O)C2CC2)cc1N1CCCCCC1)c1cccnc1. The molecule has 6 heteroatoms. The minimum absolute atomic E-state index is 0.0826. The Morgan fingerprint density at radius 1 is 1.10 bits per heavy atom. The zero-order valence-corrected chi connectivity index (χ0v) is 17.6. The number of amides is 2. The number of benzene rings is 1. The van der Waals surface area contributed by atoms with Gasteiger partial charge >= 0.3 is 0 Å². The molecule has 2 aliphatic rings. The first-order valence-electron chi connectivity index (χ1n) is 11.0. The summed E-state index contributed by atoms with van der Waals surface area (Å²) in [5.41, 5.74) is 3.29. The number of hydrogen-bond acceptors (Lipinski definition) is 4. The second-order valence-electron chi connectivity index (χ2n) is 8.38. The minimum Gasteiger partial charge on any atom is -0.371 e. The summed E-state index contributed by atoms with van der Waals surface area (Å²) in [6.45, 7) is 3.82. The summed E-state index contributed by atoms with van der Waals surface area (Å²) in [5, 5.41) is 6.13. The molecule has 158 valence electrons. The maximum Gasteiger partial charge on any atom is 0.253 e. The lowest BCUT2D eigenvalue weighted by atomic mass is 10.1. The van der Waals surface area contributed by atoms with Crippen LogP contribution in [0.1, 0.15) is 67.4 Å². The molecule has 2 heterocycles. The Bertz CT molecular complexity index is 887. The molecule has 2 fully saturated rings. The molecule has 0 bridgehead atoms. The van der Waals surface area contributed by atoms with E-state index in [1.165, 1.54) is 12.8 Å². The van der Waals surface area contributed by atoms with Crippen molar-refractivity contribution in [2.24, 2.45) is 5.92 Å². The first-order valence-corrected chi connectivity index (χ1v) is 11.0. The number of pyridine rings is 1. The molecule has 1 aromatic carbocycles. The van der Waals surface area contributed by atoms with Gasteiger partial charge in [-0.2, -0.15) is 0 Å². The summed E-state index contributed by atoms with van der Waals surface area (Å²) in [4.78, 5) is 31.9. The third-order valence-corrected chi connectivity index (χ3v) is 5.94. The van der Waals surface area contributed by atoms with E-state index < -0.39 is 0 Å². The Kier molecular flexibility index (Phi) is 6.31. The van der Waals surface area contributed by atoms with Crippen molar-refractivity contribution in [3.63, 3.8) is 0 Å². The molecule has 1 saturated carbocycles. The number of carbonyl (C=O) groups is 2. The maximum absolute atomic E-state index is 13.2. The second kappa shape index (κ2) is 9.28. The van der Waals surface area contributed by atoms with Crippen LogP contribution < -0.4 is 15.5 Å². The van der Waals surface area contributed by atoms with Crippen LogP contribution in [0.25, 0.3) is 0 Å². The Balaban J connectivity index is 1.57. The van der Waals surface area contributed by atoms with Gasteiger partial charge in [0.05, 0.1) is 17.3 Å². The highest BCUT2D eigenvalue weighted by atomic mass is 16.2. The van der Waals surface area contributed by atoms with E-state index in [0.717, 1.165) is 55.7 Å². The van der Waals surface area contributed by atoms with Crippen LogP contribution in [0, 0.1) is 5.92 Å². The molecule has 0 radical (unpaired) electrons. The summed E-state index contributed by atoms with van der Waals surface area (Å²) in [6, 6.07) is 9.34. The fourth-order valence-electron chi connectivity index (χ4n) is 3.95. The molecule has 6 nitrogen and oxygen atoms in total. The minimum atomic E-state index is -0.141. The number of rotatable bonds is 6. The van der Waals surface area contributed by atoms with Gasteiger partial charge in [0, 0.05) is 37.1 Å². The van der Waals surface area contributed by atoms with Crippen LogP contribution in [0.15, 0.2) is 42.7 Å². The summed E-state index contributed by atoms with van der Waals surface area (Å²) < 4.78 is 0. The lowest BCUT2D eigenvalue weighted by Crippen LogP contribution is -2.31. The average molecular weight is 407 g/mol. The van der Waals surface area contributed by atoms with Crippen molar-refractivity contribution >= 4 is 23.2 Å². The van der Waals surface area contributed by atoms with Crippen molar-refractivity contribution in [3.05, 3.63) is 53.9 Å². The Labute approximate surface area is 178 Å². The van der Waals surface area contributed by atoms with Crippen molar-refractivity contribution in [3.8, 4) is 0 Å². The van der Waals surface area contributed by atoms with E-state index in [0.29, 0.717) is 5.56 Å². The number of nitrogens with one attached hydrogen (secondary N) is 2. The molecule has 2 N–H and O–H groups in total. The zero-order valence-electron chi connectivity index (χ0n) is 17.6. The van der Waals surface area contributed by atoms with Gasteiger partial charge in [0.25, 0.3) is 5.91 Å². The standard InChI is InChI=1S/C24H30N4O2/c1-17(19-7-6-12-25-16-19)26-24(30)21-11-10-20(27-23(29)18-8-9-18)15-22(21)28-13-4-2-3-5-14-28/h6-7,10-12,15-18H,2-5,8-9,13-14H2,1H3,(H,26,30)(H,27,29)/t17-/m0/s1. The van der Waals surface area contributed by atoms with E-state index in [-0.39, 0.29) is 23.8 Å². The van der Waals surface area contributed by atoms with Crippen molar-refractivity contribution in [2.45, 2.75) is 51.5 Å². The molecule has 0 spiro atoms. The van der Waals surface area contributed by atoms with E-state index in [9.17, 15) is 9.59 Å². The average Bonchev–Trinajstić information content (AvgIpc) is 3.61. The van der Waals surface area contributed by atoms with E-state index in [2.05, 4.69) is 20.5 Å². The predicted octanol–water partition coefficient (Wildman–Crippen LogP) is 4.30. The summed E-state index contributed by atoms with van der Waals surface area (Å²) in [7, 11) is 0. The second-order valence-corrected chi connectivity index (χ2v) is 8.38. The van der Waals surface area contributed by atoms with E-state index in [1.807, 2.05) is 37.3 Å². The summed E-state index contributed by atoms with van der Waals surface area (Å²) >= 11 is 0. The van der Waals surface area contributed by atoms with Crippen molar-refractivity contribution in [1.29, 1.82) is 0 Å². The lowest BCUT2D eigenvalue weighted by Gasteiger charge is -2.26. The molecule has 4 rings (SSSR count). The fraction of sp³-hybridized carbons (Fsp3) is 0.458. The third kappa shape index (κ3) is 4.99. The van der Waals surface area contributed by atoms with Gasteiger partial charge in [-0.3, -0.25) is 14.6 Å². The third-order valence-electron chi connectivity index (χ3n) is 5.94. The van der Waals surface area contributed by atoms with Crippen LogP contribution in [0.4, 0.5) is 11.4 Å². The molecular formula is C24H30N4O2. The molecule has 1 aliphatic carbocycles. The molecule has 2 amide bonds. The van der Waals surface area contributed by atoms with E-state index in [1.54, 1.807) is 12.4 Å². The predicted molar refractivity (Wildman–Crippen MR) is 119 cm³/mol. The Hall–Kier alpha value is -2.89. The number of carbonyl (C=O) groups excluding carboxylic acids is 2. The lowest BCUT2D eigenvalue weighted by molar-refractivity contribution is -0.117. The largest absolute Gasteiger partial charge is 0.371 e. The topological polar surface area (TPSA) is 74.3 Å². The van der Waals surface area contributed by atoms with Crippen molar-refractivity contribution in [1.82, 2.24) is 10.3 Å². The number of nitrogens with zero attached hydrogens (tertiary/aromatic N) is 2. The molecule has 1 saturated heterocycles. The van der Waals surface area contributed by atoms with Crippen molar-refractivity contribution in [2.75, 3.05) is 23.3 Å². The Morgan fingerprint density at radius 2 is 1.87 bits per heavy atom. The maximum atomic E-state index is 13.2. The molecule has 2 aromatic rings. The Morgan fingerprint density at radius 3 is 2.53 bits per heavy atom. The van der Waals surface area contributed by atoms with Gasteiger partial charge in [-0.25, -0.2) is 0 Å². The molecule has 1 atom stereocenters. The highest BCUT2D eigenvalue weighted by Gasteiger charge is 2.30. The van der Waals surface area contributed by atoms with E-state index >= 15 is 0 Å². The number of hydrogen-bond donors (Lipinski definition) is 2. The van der Waals surface area contributed by atoms with Crippen molar-refractivity contribution < 1.29 is 9.59 Å². The van der Waals surface area contributed by atoms with Gasteiger partial charge in [-0.15, -0.1) is 0 Å². The summed E-state index contributed by atoms with van der Waals surface area (Å²) in [5.74, 6) is 0.125. The molecule has 0 unspecified atom stereocenters. The van der Waals surface area contributed by atoms with Crippen LogP contribution in [-0.4, -0.2) is 29.9 Å². The van der Waals surface area contributed by atoms with Gasteiger partial charge in [0.2, 0.25) is 5.91 Å². The van der Waals surface area contributed by atoms with Crippen LogP contribution in [0.3, 0.4) is 0 Å². The highest BCUT2D eigenvalue weighted by molar-refractivity contribution is 6.02. The fourth-order valence-corrected chi connectivity index (χ4v) is 3.95. The van der Waals surface area contributed by atoms with Crippen LogP contribution in [0.5, 0.6) is 0 Å². The first-order chi connectivity index (χ1) is 14.6. The zero-order chi connectivity index (χ0) is 20.9. The summed E-state index contributed by atoms with van der Waals surface area (Å²) in [6.07, 6.45) is 10.1. The van der Waals surface area contributed by atoms with Gasteiger partial charge in [-0.05, 0) is 62.4 Å². The molecule has 1 aromatic heterocycles. The number of aromatic nitrogens is 1. The molecule has 1 aliphatic heterocycles. The normalized spacial score (nSPS) is 17.7.